The molecule has 0 fully saturated rings. The second-order valence-corrected chi connectivity index (χ2v) is 10.5. The molecule has 0 aliphatic heterocycles. The number of aromatic nitrogens is 3. The molecule has 0 unspecified atom stereocenters. The number of nitrogens with one attached hydrogen (secondary N) is 2. The van der Waals surface area contributed by atoms with Gasteiger partial charge in [-0.3, -0.25) is 4.79 Å². The normalized spacial score (nSPS) is 11.0. The van der Waals surface area contributed by atoms with Crippen LogP contribution in [0.15, 0.2) is 94.4 Å². The average Bonchev–Trinajstić information content (AvgIpc) is 3.31. The van der Waals surface area contributed by atoms with Crippen LogP contribution in [0, 0.1) is 0 Å². The van der Waals surface area contributed by atoms with Crippen LogP contribution >= 0.6 is 39.3 Å². The van der Waals surface area contributed by atoms with Crippen LogP contribution in [0.3, 0.4) is 0 Å². The van der Waals surface area contributed by atoms with E-state index in [0.29, 0.717) is 29.3 Å². The SMILES string of the molecule is CSc1ccc(C(=O)NCc2cccc(CNc3cc(-c4ccccc4Cl)nc4c(Br)cnn34)c2)cc1. The molecule has 0 saturated carbocycles. The van der Waals surface area contributed by atoms with Gasteiger partial charge in [0, 0.05) is 40.2 Å². The molecule has 0 spiro atoms. The number of fused-ring (bicyclic) bond motifs is 1. The number of hydrogen-bond acceptors (Lipinski definition) is 5. The molecule has 1 amide bonds. The van der Waals surface area contributed by atoms with E-state index in [1.165, 1.54) is 0 Å². The van der Waals surface area contributed by atoms with Gasteiger partial charge in [0.25, 0.3) is 5.91 Å². The predicted molar refractivity (Wildman–Crippen MR) is 154 cm³/mol. The van der Waals surface area contributed by atoms with Crippen LogP contribution in [0.2, 0.25) is 5.02 Å². The first kappa shape index (κ1) is 25.3. The Hall–Kier alpha value is -3.33. The molecule has 0 saturated heterocycles. The maximum absolute atomic E-state index is 12.6. The summed E-state index contributed by atoms with van der Waals surface area (Å²) in [6, 6.07) is 25.3. The minimum absolute atomic E-state index is 0.0910. The van der Waals surface area contributed by atoms with Gasteiger partial charge in [-0.2, -0.15) is 9.61 Å². The lowest BCUT2D eigenvalue weighted by atomic mass is 10.1. The fraction of sp³-hybridized carbons (Fsp3) is 0.107. The minimum atomic E-state index is -0.0910. The number of rotatable bonds is 8. The van der Waals surface area contributed by atoms with Gasteiger partial charge in [-0.1, -0.05) is 54.1 Å². The fourth-order valence-electron chi connectivity index (χ4n) is 3.94. The summed E-state index contributed by atoms with van der Waals surface area (Å²) in [4.78, 5) is 18.4. The van der Waals surface area contributed by atoms with Gasteiger partial charge in [-0.05, 0) is 63.6 Å². The molecule has 0 bridgehead atoms. The fourth-order valence-corrected chi connectivity index (χ4v) is 4.93. The zero-order valence-corrected chi connectivity index (χ0v) is 23.1. The summed E-state index contributed by atoms with van der Waals surface area (Å²) in [6.45, 7) is 1.01. The summed E-state index contributed by atoms with van der Waals surface area (Å²) < 4.78 is 2.56. The average molecular weight is 593 g/mol. The number of nitrogens with zero attached hydrogens (tertiary/aromatic N) is 3. The van der Waals surface area contributed by atoms with Crippen LogP contribution in [0.4, 0.5) is 5.82 Å². The van der Waals surface area contributed by atoms with Crippen molar-refractivity contribution in [3.63, 3.8) is 0 Å². The van der Waals surface area contributed by atoms with Crippen LogP contribution in [0.1, 0.15) is 21.5 Å². The molecule has 5 aromatic rings. The van der Waals surface area contributed by atoms with E-state index in [0.717, 1.165) is 37.6 Å². The van der Waals surface area contributed by atoms with Crippen molar-refractivity contribution >= 4 is 56.7 Å². The highest BCUT2D eigenvalue weighted by Crippen LogP contribution is 2.30. The molecule has 0 aliphatic rings. The van der Waals surface area contributed by atoms with Crippen molar-refractivity contribution in [2.45, 2.75) is 18.0 Å². The molecule has 2 N–H and O–H groups in total. The Morgan fingerprint density at radius 3 is 2.51 bits per heavy atom. The third-order valence-electron chi connectivity index (χ3n) is 5.85. The maximum atomic E-state index is 12.6. The first-order valence-corrected chi connectivity index (χ1v) is 13.9. The number of amides is 1. The van der Waals surface area contributed by atoms with E-state index in [4.69, 9.17) is 16.6 Å². The summed E-state index contributed by atoms with van der Waals surface area (Å²) >= 11 is 11.6. The topological polar surface area (TPSA) is 71.3 Å². The molecule has 6 nitrogen and oxygen atoms in total. The molecule has 9 heteroatoms. The van der Waals surface area contributed by atoms with E-state index in [2.05, 4.69) is 37.7 Å². The number of anilines is 1. The van der Waals surface area contributed by atoms with Crippen molar-refractivity contribution in [1.82, 2.24) is 19.9 Å². The van der Waals surface area contributed by atoms with Gasteiger partial charge < -0.3 is 10.6 Å². The number of carbonyl (C=O) groups excluding carboxylic acids is 1. The molecule has 0 aliphatic carbocycles. The lowest BCUT2D eigenvalue weighted by molar-refractivity contribution is 0.0951. The van der Waals surface area contributed by atoms with Gasteiger partial charge >= 0.3 is 0 Å². The highest BCUT2D eigenvalue weighted by Gasteiger charge is 2.13. The Morgan fingerprint density at radius 2 is 1.76 bits per heavy atom. The molecular weight excluding hydrogens is 570 g/mol. The van der Waals surface area contributed by atoms with Gasteiger partial charge in [0.15, 0.2) is 5.65 Å². The van der Waals surface area contributed by atoms with Crippen LogP contribution in [0.5, 0.6) is 0 Å². The third-order valence-corrected chi connectivity index (χ3v) is 7.48. The number of benzene rings is 3. The van der Waals surface area contributed by atoms with E-state index >= 15 is 0 Å². The third kappa shape index (κ3) is 5.82. The monoisotopic (exact) mass is 591 g/mol. The van der Waals surface area contributed by atoms with Crippen molar-refractivity contribution in [2.75, 3.05) is 11.6 Å². The standard InChI is InChI=1S/C28H23BrClN5OS/c1-37-21-11-9-20(10-12-21)28(36)32-16-19-6-4-5-18(13-19)15-31-26-14-25(22-7-2-3-8-24(22)30)34-27-23(29)17-33-35(26)27/h2-14,17,31H,15-16H2,1H3,(H,32,36). The molecule has 2 aromatic heterocycles. The Labute approximate surface area is 232 Å². The minimum Gasteiger partial charge on any atom is -0.366 e. The predicted octanol–water partition coefficient (Wildman–Crippen LogP) is 7.08. The second kappa shape index (κ2) is 11.4. The quantitative estimate of drug-likeness (QED) is 0.189. The van der Waals surface area contributed by atoms with Crippen LogP contribution in [-0.4, -0.2) is 26.8 Å². The van der Waals surface area contributed by atoms with E-state index in [9.17, 15) is 4.79 Å². The number of halogens is 2. The lowest BCUT2D eigenvalue weighted by Gasteiger charge is -2.12. The second-order valence-electron chi connectivity index (χ2n) is 8.32. The van der Waals surface area contributed by atoms with Gasteiger partial charge in [0.05, 0.1) is 16.4 Å². The highest BCUT2D eigenvalue weighted by molar-refractivity contribution is 9.10. The van der Waals surface area contributed by atoms with E-state index in [1.54, 1.807) is 22.5 Å². The Kier molecular flexibility index (Phi) is 7.79. The number of carbonyl (C=O) groups is 1. The lowest BCUT2D eigenvalue weighted by Crippen LogP contribution is -2.22. The van der Waals surface area contributed by atoms with Gasteiger partial charge in [-0.25, -0.2) is 4.98 Å². The molecular formula is C28H23BrClN5OS. The van der Waals surface area contributed by atoms with Crippen LogP contribution < -0.4 is 10.6 Å². The maximum Gasteiger partial charge on any atom is 0.251 e. The molecule has 0 atom stereocenters. The van der Waals surface area contributed by atoms with Crippen molar-refractivity contribution in [2.24, 2.45) is 0 Å². The first-order chi connectivity index (χ1) is 18.0. The number of thioether (sulfide) groups is 1. The summed E-state index contributed by atoms with van der Waals surface area (Å²) in [6.07, 6.45) is 3.74. The van der Waals surface area contributed by atoms with E-state index in [1.807, 2.05) is 79.1 Å². The van der Waals surface area contributed by atoms with Crippen molar-refractivity contribution in [3.8, 4) is 11.3 Å². The van der Waals surface area contributed by atoms with E-state index < -0.39 is 0 Å². The molecule has 37 heavy (non-hydrogen) atoms. The van der Waals surface area contributed by atoms with Gasteiger partial charge in [-0.15, -0.1) is 11.8 Å². The molecule has 5 rings (SSSR count). The van der Waals surface area contributed by atoms with Gasteiger partial charge in [0.2, 0.25) is 0 Å². The molecule has 0 radical (unpaired) electrons. The Balaban J connectivity index is 1.31. The molecule has 3 aromatic carbocycles. The Morgan fingerprint density at radius 1 is 1.00 bits per heavy atom. The summed E-state index contributed by atoms with van der Waals surface area (Å²) in [5.74, 6) is 0.699. The Bertz CT molecular complexity index is 1570. The van der Waals surface area contributed by atoms with Crippen molar-refractivity contribution in [1.29, 1.82) is 0 Å². The van der Waals surface area contributed by atoms with Crippen molar-refractivity contribution in [3.05, 3.63) is 111 Å². The zero-order valence-electron chi connectivity index (χ0n) is 19.9. The van der Waals surface area contributed by atoms with Crippen molar-refractivity contribution < 1.29 is 4.79 Å². The largest absolute Gasteiger partial charge is 0.366 e. The zero-order chi connectivity index (χ0) is 25.8. The summed E-state index contributed by atoms with van der Waals surface area (Å²) in [7, 11) is 0. The smallest absolute Gasteiger partial charge is 0.251 e. The summed E-state index contributed by atoms with van der Waals surface area (Å²) in [5, 5.41) is 11.6. The highest BCUT2D eigenvalue weighted by atomic mass is 79.9. The first-order valence-electron chi connectivity index (χ1n) is 11.5. The van der Waals surface area contributed by atoms with E-state index in [-0.39, 0.29) is 5.91 Å². The number of hydrogen-bond donors (Lipinski definition) is 2. The van der Waals surface area contributed by atoms with Crippen LogP contribution in [0.25, 0.3) is 16.9 Å². The molecule has 186 valence electrons. The molecule has 2 heterocycles. The van der Waals surface area contributed by atoms with Crippen LogP contribution in [-0.2, 0) is 13.1 Å². The summed E-state index contributed by atoms with van der Waals surface area (Å²) in [5.41, 5.74) is 5.05. The van der Waals surface area contributed by atoms with Gasteiger partial charge in [0.1, 0.15) is 5.82 Å².